The molecule has 3 rings (SSSR count). The van der Waals surface area contributed by atoms with Gasteiger partial charge in [-0.2, -0.15) is 0 Å². The number of carbonyl (C=O) groups is 2. The summed E-state index contributed by atoms with van der Waals surface area (Å²) in [5.41, 5.74) is 3.58. The molecule has 0 radical (unpaired) electrons. The minimum atomic E-state index is -3.90. The van der Waals surface area contributed by atoms with Gasteiger partial charge in [0.05, 0.1) is 10.6 Å². The molecule has 3 aromatic carbocycles. The number of aromatic hydroxyl groups is 1. The number of aryl methyl sites for hydroxylation is 3. The van der Waals surface area contributed by atoms with Gasteiger partial charge in [-0.1, -0.05) is 23.8 Å². The number of benzene rings is 3. The molecule has 0 spiro atoms. The van der Waals surface area contributed by atoms with Crippen LogP contribution in [-0.2, 0) is 14.6 Å². The summed E-state index contributed by atoms with van der Waals surface area (Å²) in [5, 5.41) is 14.1. The van der Waals surface area contributed by atoms with Crippen LogP contribution in [0, 0.1) is 20.8 Å². The molecule has 0 aromatic heterocycles. The summed E-state index contributed by atoms with van der Waals surface area (Å²) in [7, 11) is -3.90. The topological polar surface area (TPSA) is 113 Å². The summed E-state index contributed by atoms with van der Waals surface area (Å²) in [4.78, 5) is 25.1. The zero-order chi connectivity index (χ0) is 24.3. The van der Waals surface area contributed by atoms with Crippen molar-refractivity contribution in [3.63, 3.8) is 0 Å². The fraction of sp³-hybridized carbons (Fsp3) is 0.200. The lowest BCUT2D eigenvalue weighted by Crippen LogP contribution is -2.32. The maximum atomic E-state index is 12.9. The SMILES string of the molecule is Cc1ccc(C(=O)Nc2ccc(NC(=O)C(C)S(=O)(=O)c3ccc(C)c(C)c3)cc2O)cc1. The summed E-state index contributed by atoms with van der Waals surface area (Å²) >= 11 is 0. The van der Waals surface area contributed by atoms with Gasteiger partial charge in [0.25, 0.3) is 5.91 Å². The zero-order valence-electron chi connectivity index (χ0n) is 18.8. The number of carbonyl (C=O) groups excluding carboxylic acids is 2. The highest BCUT2D eigenvalue weighted by molar-refractivity contribution is 7.92. The molecule has 0 fully saturated rings. The maximum Gasteiger partial charge on any atom is 0.255 e. The quantitative estimate of drug-likeness (QED) is 0.467. The Morgan fingerprint density at radius 1 is 0.848 bits per heavy atom. The third-order valence-electron chi connectivity index (χ3n) is 5.47. The summed E-state index contributed by atoms with van der Waals surface area (Å²) in [6.07, 6.45) is 0. The molecule has 7 nitrogen and oxygen atoms in total. The second-order valence-corrected chi connectivity index (χ2v) is 10.2. The first-order valence-corrected chi connectivity index (χ1v) is 11.9. The van der Waals surface area contributed by atoms with Crippen LogP contribution >= 0.6 is 0 Å². The number of phenolic OH excluding ortho intramolecular Hbond substituents is 1. The zero-order valence-corrected chi connectivity index (χ0v) is 19.7. The highest BCUT2D eigenvalue weighted by Gasteiger charge is 2.30. The highest BCUT2D eigenvalue weighted by atomic mass is 32.2. The Kier molecular flexibility index (Phi) is 6.88. The molecule has 1 atom stereocenters. The van der Waals surface area contributed by atoms with Gasteiger partial charge in [0, 0.05) is 17.3 Å². The maximum absolute atomic E-state index is 12.9. The summed E-state index contributed by atoms with van der Waals surface area (Å²) in [5.74, 6) is -1.39. The van der Waals surface area contributed by atoms with Crippen molar-refractivity contribution < 1.29 is 23.1 Å². The van der Waals surface area contributed by atoms with Crippen molar-refractivity contribution in [3.8, 4) is 5.75 Å². The number of sulfone groups is 1. The van der Waals surface area contributed by atoms with E-state index in [0.29, 0.717) is 5.56 Å². The van der Waals surface area contributed by atoms with Gasteiger partial charge in [0.1, 0.15) is 11.0 Å². The van der Waals surface area contributed by atoms with Crippen LogP contribution in [0.15, 0.2) is 65.6 Å². The monoisotopic (exact) mass is 466 g/mol. The van der Waals surface area contributed by atoms with Gasteiger partial charge in [-0.25, -0.2) is 8.42 Å². The van der Waals surface area contributed by atoms with Crippen molar-refractivity contribution in [3.05, 3.63) is 82.9 Å². The summed E-state index contributed by atoms with van der Waals surface area (Å²) < 4.78 is 25.7. The first kappa shape index (κ1) is 24.0. The number of nitrogens with one attached hydrogen (secondary N) is 2. The van der Waals surface area contributed by atoms with Crippen LogP contribution in [-0.4, -0.2) is 30.6 Å². The van der Waals surface area contributed by atoms with Crippen molar-refractivity contribution >= 4 is 33.0 Å². The third-order valence-corrected chi connectivity index (χ3v) is 7.52. The minimum absolute atomic E-state index is 0.0743. The van der Waals surface area contributed by atoms with Crippen molar-refractivity contribution in [2.75, 3.05) is 10.6 Å². The van der Waals surface area contributed by atoms with Crippen LogP contribution in [0.1, 0.15) is 34.0 Å². The molecule has 1 unspecified atom stereocenters. The molecule has 0 heterocycles. The molecule has 0 saturated carbocycles. The first-order chi connectivity index (χ1) is 15.5. The molecule has 3 aromatic rings. The van der Waals surface area contributed by atoms with E-state index in [9.17, 15) is 23.1 Å². The Morgan fingerprint density at radius 2 is 1.52 bits per heavy atom. The van der Waals surface area contributed by atoms with E-state index in [1.165, 1.54) is 31.2 Å². The van der Waals surface area contributed by atoms with Crippen molar-refractivity contribution in [1.82, 2.24) is 0 Å². The van der Waals surface area contributed by atoms with Crippen molar-refractivity contribution in [2.24, 2.45) is 0 Å². The molecule has 8 heteroatoms. The third kappa shape index (κ3) is 5.40. The molecule has 0 aliphatic carbocycles. The number of hydrogen-bond donors (Lipinski definition) is 3. The lowest BCUT2D eigenvalue weighted by molar-refractivity contribution is -0.115. The average molecular weight is 467 g/mol. The lowest BCUT2D eigenvalue weighted by atomic mass is 10.1. The highest BCUT2D eigenvalue weighted by Crippen LogP contribution is 2.28. The number of amides is 2. The average Bonchev–Trinajstić information content (AvgIpc) is 2.77. The van der Waals surface area contributed by atoms with E-state index in [4.69, 9.17) is 0 Å². The van der Waals surface area contributed by atoms with Crippen LogP contribution in [0.25, 0.3) is 0 Å². The fourth-order valence-corrected chi connectivity index (χ4v) is 4.44. The van der Waals surface area contributed by atoms with E-state index >= 15 is 0 Å². The molecule has 172 valence electrons. The second-order valence-electron chi connectivity index (χ2n) is 7.97. The second kappa shape index (κ2) is 9.46. The van der Waals surface area contributed by atoms with E-state index in [1.807, 2.05) is 13.8 Å². The van der Waals surface area contributed by atoms with Gasteiger partial charge >= 0.3 is 0 Å². The van der Waals surface area contributed by atoms with Crippen LogP contribution in [0.2, 0.25) is 0 Å². The molecule has 0 bridgehead atoms. The molecule has 2 amide bonds. The van der Waals surface area contributed by atoms with Gasteiger partial charge < -0.3 is 15.7 Å². The van der Waals surface area contributed by atoms with E-state index in [2.05, 4.69) is 10.6 Å². The summed E-state index contributed by atoms with van der Waals surface area (Å²) in [6.45, 7) is 6.91. The number of rotatable bonds is 6. The van der Waals surface area contributed by atoms with Gasteiger partial charge in [0.15, 0.2) is 9.84 Å². The normalized spacial score (nSPS) is 12.1. The first-order valence-electron chi connectivity index (χ1n) is 10.3. The summed E-state index contributed by atoms with van der Waals surface area (Å²) in [6, 6.07) is 15.8. The van der Waals surface area contributed by atoms with Crippen LogP contribution < -0.4 is 10.6 Å². The van der Waals surface area contributed by atoms with Crippen LogP contribution in [0.3, 0.4) is 0 Å². The molecule has 3 N–H and O–H groups in total. The Bertz CT molecular complexity index is 1320. The van der Waals surface area contributed by atoms with Crippen LogP contribution in [0.5, 0.6) is 5.75 Å². The van der Waals surface area contributed by atoms with Crippen LogP contribution in [0.4, 0.5) is 11.4 Å². The standard InChI is InChI=1S/C25H26N2O5S/c1-15-5-8-19(9-6-15)25(30)27-22-12-10-20(14-23(22)28)26-24(29)18(4)33(31,32)21-11-7-16(2)17(3)13-21/h5-14,18,28H,1-4H3,(H,26,29)(H,27,30). The Labute approximate surface area is 193 Å². The van der Waals surface area contributed by atoms with Crippen molar-refractivity contribution in [1.29, 1.82) is 0 Å². The smallest absolute Gasteiger partial charge is 0.255 e. The van der Waals surface area contributed by atoms with Gasteiger partial charge in [-0.05, 0) is 75.2 Å². The van der Waals surface area contributed by atoms with E-state index in [1.54, 1.807) is 43.3 Å². The fourth-order valence-electron chi connectivity index (χ4n) is 3.09. The molecule has 0 aliphatic heterocycles. The molecule has 0 aliphatic rings. The van der Waals surface area contributed by atoms with Gasteiger partial charge in [-0.3, -0.25) is 9.59 Å². The Morgan fingerprint density at radius 3 is 2.12 bits per heavy atom. The minimum Gasteiger partial charge on any atom is -0.506 e. The van der Waals surface area contributed by atoms with E-state index in [-0.39, 0.29) is 22.0 Å². The number of hydrogen-bond acceptors (Lipinski definition) is 5. The van der Waals surface area contributed by atoms with Gasteiger partial charge in [0.2, 0.25) is 5.91 Å². The lowest BCUT2D eigenvalue weighted by Gasteiger charge is -2.15. The number of anilines is 2. The molecular formula is C25H26N2O5S. The van der Waals surface area contributed by atoms with Crippen molar-refractivity contribution in [2.45, 2.75) is 37.8 Å². The Hall–Kier alpha value is -3.65. The predicted molar refractivity (Wildman–Crippen MR) is 128 cm³/mol. The Balaban J connectivity index is 1.72. The van der Waals surface area contributed by atoms with E-state index < -0.39 is 26.9 Å². The van der Waals surface area contributed by atoms with Gasteiger partial charge in [-0.15, -0.1) is 0 Å². The largest absolute Gasteiger partial charge is 0.506 e. The number of phenols is 1. The predicted octanol–water partition coefficient (Wildman–Crippen LogP) is 4.37. The van der Waals surface area contributed by atoms with E-state index in [0.717, 1.165) is 16.7 Å². The molecular weight excluding hydrogens is 440 g/mol. The molecule has 33 heavy (non-hydrogen) atoms. The molecule has 0 saturated heterocycles.